The third-order valence-corrected chi connectivity index (χ3v) is 4.07. The number of ether oxygens (including phenoxy) is 1. The van der Waals surface area contributed by atoms with Crippen molar-refractivity contribution in [3.05, 3.63) is 60.7 Å². The van der Waals surface area contributed by atoms with E-state index in [1.54, 1.807) is 0 Å². The summed E-state index contributed by atoms with van der Waals surface area (Å²) in [5.41, 5.74) is 2.88. The van der Waals surface area contributed by atoms with E-state index in [-0.39, 0.29) is 6.10 Å². The van der Waals surface area contributed by atoms with Crippen LogP contribution in [0.2, 0.25) is 0 Å². The minimum absolute atomic E-state index is 0.327. The van der Waals surface area contributed by atoms with Crippen molar-refractivity contribution in [1.82, 2.24) is 19.7 Å². The molecule has 0 fully saturated rings. The lowest BCUT2D eigenvalue weighted by Crippen LogP contribution is -2.03. The Kier molecular flexibility index (Phi) is 3.93. The first-order chi connectivity index (χ1) is 12.2. The van der Waals surface area contributed by atoms with Crippen molar-refractivity contribution in [2.75, 3.05) is 0 Å². The molecule has 0 amide bonds. The molecule has 0 N–H and O–H groups in total. The lowest BCUT2D eigenvalue weighted by atomic mass is 10.2. The zero-order chi connectivity index (χ0) is 17.2. The van der Waals surface area contributed by atoms with Crippen molar-refractivity contribution >= 4 is 11.0 Å². The number of aryl methyl sites for hydroxylation is 1. The monoisotopic (exact) mass is 334 g/mol. The van der Waals surface area contributed by atoms with Crippen LogP contribution in [0.5, 0.6) is 5.75 Å². The molecule has 0 saturated heterocycles. The van der Waals surface area contributed by atoms with Gasteiger partial charge in [-0.1, -0.05) is 23.4 Å². The summed E-state index contributed by atoms with van der Waals surface area (Å²) in [6.07, 6.45) is 1.51. The molecule has 2 aromatic carbocycles. The second-order valence-corrected chi connectivity index (χ2v) is 5.76. The van der Waals surface area contributed by atoms with Gasteiger partial charge >= 0.3 is 0 Å². The molecule has 1 atom stereocenters. The Balaban J connectivity index is 1.58. The van der Waals surface area contributed by atoms with Gasteiger partial charge in [0.1, 0.15) is 5.75 Å². The van der Waals surface area contributed by atoms with E-state index in [1.165, 1.54) is 0 Å². The first kappa shape index (κ1) is 15.4. The summed E-state index contributed by atoms with van der Waals surface area (Å²) in [6, 6.07) is 15.6. The second kappa shape index (κ2) is 6.39. The molecule has 126 valence electrons. The zero-order valence-corrected chi connectivity index (χ0v) is 14.1. The number of hydrogen-bond acceptors (Lipinski definition) is 5. The largest absolute Gasteiger partial charge is 0.481 e. The van der Waals surface area contributed by atoms with Crippen LogP contribution in [0, 0.1) is 0 Å². The van der Waals surface area contributed by atoms with Gasteiger partial charge in [-0.05, 0) is 44.2 Å². The number of nitrogens with zero attached hydrogens (tertiary/aromatic N) is 4. The Hall–Kier alpha value is -3.15. The van der Waals surface area contributed by atoms with Crippen molar-refractivity contribution < 1.29 is 9.26 Å². The van der Waals surface area contributed by atoms with Crippen LogP contribution in [0.25, 0.3) is 22.4 Å². The molecular weight excluding hydrogens is 316 g/mol. The molecule has 0 radical (unpaired) electrons. The molecule has 6 heteroatoms. The first-order valence-electron chi connectivity index (χ1n) is 8.25. The van der Waals surface area contributed by atoms with Gasteiger partial charge in [0.05, 0.1) is 17.4 Å². The lowest BCUT2D eigenvalue weighted by molar-refractivity contribution is 0.176. The third kappa shape index (κ3) is 2.98. The van der Waals surface area contributed by atoms with Crippen LogP contribution in [-0.2, 0) is 6.54 Å². The molecule has 2 aromatic heterocycles. The average molecular weight is 334 g/mol. The van der Waals surface area contributed by atoms with Crippen molar-refractivity contribution in [1.29, 1.82) is 0 Å². The minimum Gasteiger partial charge on any atom is -0.481 e. The average Bonchev–Trinajstić information content (AvgIpc) is 3.29. The SMILES string of the molecule is CCn1cnc2cc(-c3noc(C(C)Oc4ccccc4)n3)ccc21. The van der Waals surface area contributed by atoms with E-state index in [2.05, 4.69) is 26.6 Å². The molecule has 2 heterocycles. The minimum atomic E-state index is -0.327. The lowest BCUT2D eigenvalue weighted by Gasteiger charge is -2.09. The van der Waals surface area contributed by atoms with Crippen LogP contribution in [0.1, 0.15) is 25.8 Å². The van der Waals surface area contributed by atoms with Crippen molar-refractivity contribution in [2.45, 2.75) is 26.5 Å². The Bertz CT molecular complexity index is 991. The van der Waals surface area contributed by atoms with Gasteiger partial charge in [0.25, 0.3) is 5.89 Å². The highest BCUT2D eigenvalue weighted by Crippen LogP contribution is 2.25. The smallest absolute Gasteiger partial charge is 0.267 e. The summed E-state index contributed by atoms with van der Waals surface area (Å²) in [6.45, 7) is 4.86. The highest BCUT2D eigenvalue weighted by molar-refractivity contribution is 5.80. The van der Waals surface area contributed by atoms with E-state index >= 15 is 0 Å². The first-order valence-corrected chi connectivity index (χ1v) is 8.25. The third-order valence-electron chi connectivity index (χ3n) is 4.07. The standard InChI is InChI=1S/C19H18N4O2/c1-3-23-12-20-16-11-14(9-10-17(16)23)18-21-19(25-22-18)13(2)24-15-7-5-4-6-8-15/h4-13H,3H2,1-2H3. The molecule has 0 aliphatic carbocycles. The highest BCUT2D eigenvalue weighted by atomic mass is 16.5. The summed E-state index contributed by atoms with van der Waals surface area (Å²) in [7, 11) is 0. The predicted octanol–water partition coefficient (Wildman–Crippen LogP) is 4.25. The maximum Gasteiger partial charge on any atom is 0.267 e. The summed E-state index contributed by atoms with van der Waals surface area (Å²) < 4.78 is 13.3. The van der Waals surface area contributed by atoms with Crippen molar-refractivity contribution in [3.63, 3.8) is 0 Å². The van der Waals surface area contributed by atoms with Crippen molar-refractivity contribution in [2.24, 2.45) is 0 Å². The van der Waals surface area contributed by atoms with E-state index in [0.717, 1.165) is 28.9 Å². The molecule has 0 spiro atoms. The molecule has 4 aromatic rings. The van der Waals surface area contributed by atoms with Gasteiger partial charge in [0.2, 0.25) is 5.82 Å². The summed E-state index contributed by atoms with van der Waals surface area (Å²) in [5, 5.41) is 4.08. The van der Waals surface area contributed by atoms with Crippen LogP contribution in [-0.4, -0.2) is 19.7 Å². The number of hydrogen-bond donors (Lipinski definition) is 0. The summed E-state index contributed by atoms with van der Waals surface area (Å²) >= 11 is 0. The molecule has 6 nitrogen and oxygen atoms in total. The van der Waals surface area contributed by atoms with Gasteiger partial charge in [0, 0.05) is 12.1 Å². The number of aromatic nitrogens is 4. The normalized spacial score (nSPS) is 12.4. The fourth-order valence-corrected chi connectivity index (χ4v) is 2.73. The van der Waals surface area contributed by atoms with Gasteiger partial charge in [-0.2, -0.15) is 4.98 Å². The second-order valence-electron chi connectivity index (χ2n) is 5.76. The maximum absolute atomic E-state index is 5.83. The van der Waals surface area contributed by atoms with Crippen LogP contribution in [0.15, 0.2) is 59.4 Å². The van der Waals surface area contributed by atoms with Crippen LogP contribution >= 0.6 is 0 Å². The number of para-hydroxylation sites is 1. The number of imidazole rings is 1. The van der Waals surface area contributed by atoms with Gasteiger partial charge in [-0.3, -0.25) is 0 Å². The number of fused-ring (bicyclic) bond motifs is 1. The Morgan fingerprint density at radius 1 is 1.16 bits per heavy atom. The van der Waals surface area contributed by atoms with E-state index < -0.39 is 0 Å². The quantitative estimate of drug-likeness (QED) is 0.546. The van der Waals surface area contributed by atoms with E-state index in [9.17, 15) is 0 Å². The van der Waals surface area contributed by atoms with Gasteiger partial charge in [-0.25, -0.2) is 4.98 Å². The molecule has 4 rings (SSSR count). The summed E-state index contributed by atoms with van der Waals surface area (Å²) in [4.78, 5) is 8.90. The van der Waals surface area contributed by atoms with E-state index in [4.69, 9.17) is 9.26 Å². The fraction of sp³-hybridized carbons (Fsp3) is 0.211. The van der Waals surface area contributed by atoms with Crippen LogP contribution < -0.4 is 4.74 Å². The molecular formula is C19H18N4O2. The maximum atomic E-state index is 5.83. The topological polar surface area (TPSA) is 66.0 Å². The number of rotatable bonds is 5. The molecule has 0 bridgehead atoms. The Labute approximate surface area is 145 Å². The Morgan fingerprint density at radius 2 is 2.00 bits per heavy atom. The predicted molar refractivity (Wildman–Crippen MR) is 94.2 cm³/mol. The highest BCUT2D eigenvalue weighted by Gasteiger charge is 2.17. The number of benzene rings is 2. The van der Waals surface area contributed by atoms with Crippen LogP contribution in [0.4, 0.5) is 0 Å². The summed E-state index contributed by atoms with van der Waals surface area (Å²) in [5.74, 6) is 1.74. The van der Waals surface area contributed by atoms with E-state index in [1.807, 2.05) is 61.8 Å². The van der Waals surface area contributed by atoms with Crippen molar-refractivity contribution in [3.8, 4) is 17.1 Å². The molecule has 0 aliphatic rings. The molecule has 0 saturated carbocycles. The molecule has 25 heavy (non-hydrogen) atoms. The van der Waals surface area contributed by atoms with Gasteiger partial charge in [-0.15, -0.1) is 0 Å². The van der Waals surface area contributed by atoms with Gasteiger partial charge < -0.3 is 13.8 Å². The molecule has 1 unspecified atom stereocenters. The Morgan fingerprint density at radius 3 is 2.80 bits per heavy atom. The van der Waals surface area contributed by atoms with Gasteiger partial charge in [0.15, 0.2) is 6.10 Å². The zero-order valence-electron chi connectivity index (χ0n) is 14.1. The fourth-order valence-electron chi connectivity index (χ4n) is 2.73. The van der Waals surface area contributed by atoms with E-state index in [0.29, 0.717) is 11.7 Å². The van der Waals surface area contributed by atoms with Crippen LogP contribution in [0.3, 0.4) is 0 Å². The molecule has 0 aliphatic heterocycles.